The molecule has 1 fully saturated rings. The molecule has 1 aliphatic heterocycles. The van der Waals surface area contributed by atoms with Crippen LogP contribution in [0.3, 0.4) is 0 Å². The van der Waals surface area contributed by atoms with E-state index in [9.17, 15) is 14.0 Å². The topological polar surface area (TPSA) is 67.4 Å². The summed E-state index contributed by atoms with van der Waals surface area (Å²) in [6.45, 7) is 0.507. The summed E-state index contributed by atoms with van der Waals surface area (Å²) in [4.78, 5) is 23.2. The van der Waals surface area contributed by atoms with Crippen LogP contribution >= 0.6 is 0 Å². The van der Waals surface area contributed by atoms with E-state index in [1.165, 1.54) is 31.4 Å². The van der Waals surface area contributed by atoms with Crippen molar-refractivity contribution < 1.29 is 18.7 Å². The van der Waals surface area contributed by atoms with Gasteiger partial charge in [-0.2, -0.15) is 0 Å². The predicted molar refractivity (Wildman–Crippen MR) is 66.1 cm³/mol. The van der Waals surface area contributed by atoms with Gasteiger partial charge in [0.2, 0.25) is 0 Å². The molecule has 0 unspecified atom stereocenters. The highest BCUT2D eigenvalue weighted by molar-refractivity contribution is 5.94. The highest BCUT2D eigenvalue weighted by atomic mass is 19.1. The van der Waals surface area contributed by atoms with Gasteiger partial charge in [0.25, 0.3) is 5.91 Å². The molecule has 19 heavy (non-hydrogen) atoms. The Morgan fingerprint density at radius 3 is 2.68 bits per heavy atom. The molecule has 102 valence electrons. The average Bonchev–Trinajstić information content (AvgIpc) is 2.87. The zero-order valence-corrected chi connectivity index (χ0v) is 10.5. The lowest BCUT2D eigenvalue weighted by molar-refractivity contribution is -0.142. The van der Waals surface area contributed by atoms with Gasteiger partial charge >= 0.3 is 5.97 Å². The molecule has 2 rings (SSSR count). The zero-order valence-electron chi connectivity index (χ0n) is 10.5. The van der Waals surface area contributed by atoms with Crippen LogP contribution < -0.4 is 10.6 Å². The summed E-state index contributed by atoms with van der Waals surface area (Å²) in [5.74, 6) is -0.999. The van der Waals surface area contributed by atoms with Gasteiger partial charge in [0.1, 0.15) is 11.9 Å². The van der Waals surface area contributed by atoms with Gasteiger partial charge in [0, 0.05) is 18.2 Å². The van der Waals surface area contributed by atoms with E-state index in [2.05, 4.69) is 15.4 Å². The molecule has 2 atom stereocenters. The largest absolute Gasteiger partial charge is 0.468 e. The number of benzene rings is 1. The molecule has 6 heteroatoms. The number of ether oxygens (including phenoxy) is 1. The van der Waals surface area contributed by atoms with Crippen LogP contribution in [0.4, 0.5) is 4.39 Å². The monoisotopic (exact) mass is 266 g/mol. The molecule has 0 saturated carbocycles. The van der Waals surface area contributed by atoms with Gasteiger partial charge in [-0.15, -0.1) is 0 Å². The molecule has 1 amide bonds. The molecular weight excluding hydrogens is 251 g/mol. The van der Waals surface area contributed by atoms with Crippen LogP contribution in [0.2, 0.25) is 0 Å². The van der Waals surface area contributed by atoms with Gasteiger partial charge in [-0.25, -0.2) is 4.39 Å². The summed E-state index contributed by atoms with van der Waals surface area (Å²) in [6.07, 6.45) is 0.486. The Bertz CT molecular complexity index is 475. The van der Waals surface area contributed by atoms with Crippen molar-refractivity contribution in [3.05, 3.63) is 35.6 Å². The SMILES string of the molecule is COC(=O)[C@@H]1C[C@@H](NC(=O)c2ccc(F)cc2)CN1. The van der Waals surface area contributed by atoms with E-state index >= 15 is 0 Å². The number of hydrogen-bond donors (Lipinski definition) is 2. The van der Waals surface area contributed by atoms with Crippen molar-refractivity contribution >= 4 is 11.9 Å². The van der Waals surface area contributed by atoms with Crippen molar-refractivity contribution in [2.45, 2.75) is 18.5 Å². The Balaban J connectivity index is 1.90. The van der Waals surface area contributed by atoms with E-state index in [1.54, 1.807) is 0 Å². The first kappa shape index (κ1) is 13.5. The molecule has 1 aromatic rings. The predicted octanol–water partition coefficient (Wildman–Crippen LogP) is 0.459. The molecule has 0 radical (unpaired) electrons. The number of rotatable bonds is 3. The molecule has 2 N–H and O–H groups in total. The summed E-state index contributed by atoms with van der Waals surface area (Å²) >= 11 is 0. The fourth-order valence-corrected chi connectivity index (χ4v) is 2.04. The lowest BCUT2D eigenvalue weighted by atomic mass is 10.1. The standard InChI is InChI=1S/C13H15FN2O3/c1-19-13(18)11-6-10(7-15-11)16-12(17)8-2-4-9(14)5-3-8/h2-5,10-11,15H,6-7H2,1H3,(H,16,17)/t10-,11+/m1/s1. The van der Waals surface area contributed by atoms with E-state index in [4.69, 9.17) is 0 Å². The van der Waals surface area contributed by atoms with Crippen molar-refractivity contribution in [3.8, 4) is 0 Å². The summed E-state index contributed by atoms with van der Waals surface area (Å²) in [5.41, 5.74) is 0.392. The van der Waals surface area contributed by atoms with Crippen LogP contribution in [-0.4, -0.2) is 37.6 Å². The van der Waals surface area contributed by atoms with Gasteiger partial charge in [-0.1, -0.05) is 0 Å². The average molecular weight is 266 g/mol. The van der Waals surface area contributed by atoms with Crippen molar-refractivity contribution in [2.24, 2.45) is 0 Å². The van der Waals surface area contributed by atoms with Crippen LogP contribution in [0.5, 0.6) is 0 Å². The minimum absolute atomic E-state index is 0.137. The number of carbonyl (C=O) groups is 2. The van der Waals surface area contributed by atoms with E-state index < -0.39 is 0 Å². The Morgan fingerprint density at radius 2 is 2.05 bits per heavy atom. The molecular formula is C13H15FN2O3. The summed E-state index contributed by atoms with van der Waals surface area (Å²) in [5, 5.41) is 5.77. The third-order valence-electron chi connectivity index (χ3n) is 3.06. The molecule has 1 heterocycles. The lowest BCUT2D eigenvalue weighted by Crippen LogP contribution is -2.36. The number of amides is 1. The number of esters is 1. The number of halogens is 1. The molecule has 0 aliphatic carbocycles. The Kier molecular flexibility index (Phi) is 4.11. The van der Waals surface area contributed by atoms with E-state index in [0.29, 0.717) is 18.5 Å². The smallest absolute Gasteiger partial charge is 0.322 e. The van der Waals surface area contributed by atoms with Crippen molar-refractivity contribution in [3.63, 3.8) is 0 Å². The molecule has 0 aromatic heterocycles. The second-order valence-corrected chi connectivity index (χ2v) is 4.40. The number of carbonyl (C=O) groups excluding carboxylic acids is 2. The van der Waals surface area contributed by atoms with Crippen LogP contribution in [0.25, 0.3) is 0 Å². The zero-order chi connectivity index (χ0) is 13.8. The Hall–Kier alpha value is -1.95. The number of methoxy groups -OCH3 is 1. The minimum Gasteiger partial charge on any atom is -0.468 e. The third kappa shape index (κ3) is 3.29. The van der Waals surface area contributed by atoms with Gasteiger partial charge in [0.05, 0.1) is 7.11 Å². The lowest BCUT2D eigenvalue weighted by Gasteiger charge is -2.11. The summed E-state index contributed by atoms with van der Waals surface area (Å²) in [7, 11) is 1.33. The highest BCUT2D eigenvalue weighted by Crippen LogP contribution is 2.10. The quantitative estimate of drug-likeness (QED) is 0.780. The molecule has 1 aromatic carbocycles. The molecule has 0 bridgehead atoms. The maximum atomic E-state index is 12.7. The van der Waals surface area contributed by atoms with E-state index in [1.807, 2.05) is 0 Å². The van der Waals surface area contributed by atoms with Crippen LogP contribution in [-0.2, 0) is 9.53 Å². The fourth-order valence-electron chi connectivity index (χ4n) is 2.04. The van der Waals surface area contributed by atoms with Crippen LogP contribution in [0.1, 0.15) is 16.8 Å². The summed E-state index contributed by atoms with van der Waals surface area (Å²) in [6, 6.07) is 4.79. The molecule has 0 spiro atoms. The van der Waals surface area contributed by atoms with Crippen molar-refractivity contribution in [2.75, 3.05) is 13.7 Å². The van der Waals surface area contributed by atoms with E-state index in [0.717, 1.165) is 0 Å². The van der Waals surface area contributed by atoms with Gasteiger partial charge in [-0.05, 0) is 30.7 Å². The minimum atomic E-state index is -0.386. The van der Waals surface area contributed by atoms with Crippen molar-refractivity contribution in [1.82, 2.24) is 10.6 Å². The maximum absolute atomic E-state index is 12.7. The first-order valence-electron chi connectivity index (χ1n) is 5.98. The summed E-state index contributed by atoms with van der Waals surface area (Å²) < 4.78 is 17.4. The fraction of sp³-hybridized carbons (Fsp3) is 0.385. The van der Waals surface area contributed by atoms with Crippen LogP contribution in [0.15, 0.2) is 24.3 Å². The normalized spacial score (nSPS) is 22.0. The first-order chi connectivity index (χ1) is 9.10. The van der Waals surface area contributed by atoms with Gasteiger partial charge in [-0.3, -0.25) is 9.59 Å². The van der Waals surface area contributed by atoms with Gasteiger partial charge in [0.15, 0.2) is 0 Å². The second-order valence-electron chi connectivity index (χ2n) is 4.40. The molecule has 1 aliphatic rings. The number of hydrogen-bond acceptors (Lipinski definition) is 4. The molecule has 1 saturated heterocycles. The molecule has 5 nitrogen and oxygen atoms in total. The van der Waals surface area contributed by atoms with Gasteiger partial charge < -0.3 is 15.4 Å². The highest BCUT2D eigenvalue weighted by Gasteiger charge is 2.30. The first-order valence-corrected chi connectivity index (χ1v) is 5.98. The third-order valence-corrected chi connectivity index (χ3v) is 3.06. The van der Waals surface area contributed by atoms with Crippen molar-refractivity contribution in [1.29, 1.82) is 0 Å². The van der Waals surface area contributed by atoms with E-state index in [-0.39, 0.29) is 29.8 Å². The van der Waals surface area contributed by atoms with Crippen LogP contribution in [0, 0.1) is 5.82 Å². The second kappa shape index (κ2) is 5.79. The number of nitrogens with one attached hydrogen (secondary N) is 2. The maximum Gasteiger partial charge on any atom is 0.322 e. The Labute approximate surface area is 110 Å². The Morgan fingerprint density at radius 1 is 1.37 bits per heavy atom.